The van der Waals surface area contributed by atoms with Gasteiger partial charge in [0, 0.05) is 5.56 Å². The topological polar surface area (TPSA) is 55.0 Å². The van der Waals surface area contributed by atoms with E-state index in [1.165, 1.54) is 7.11 Å². The SMILES string of the molecule is COC(=O)c1ccc(-c2ccc(-c3nc4ccccc4[nH]3)cc2)cc1. The van der Waals surface area contributed by atoms with Crippen molar-refractivity contribution in [1.29, 1.82) is 0 Å². The van der Waals surface area contributed by atoms with Gasteiger partial charge in [0.25, 0.3) is 0 Å². The van der Waals surface area contributed by atoms with Crippen molar-refractivity contribution < 1.29 is 9.53 Å². The molecule has 25 heavy (non-hydrogen) atoms. The molecule has 122 valence electrons. The molecule has 1 aromatic heterocycles. The number of carbonyl (C=O) groups is 1. The Balaban J connectivity index is 1.62. The van der Waals surface area contributed by atoms with Gasteiger partial charge in [-0.05, 0) is 35.4 Å². The zero-order valence-electron chi connectivity index (χ0n) is 13.7. The lowest BCUT2D eigenvalue weighted by Crippen LogP contribution is -2.00. The van der Waals surface area contributed by atoms with Crippen LogP contribution in [0.3, 0.4) is 0 Å². The fraction of sp³-hybridized carbons (Fsp3) is 0.0476. The number of nitrogens with zero attached hydrogens (tertiary/aromatic N) is 1. The van der Waals surface area contributed by atoms with Crippen LogP contribution < -0.4 is 0 Å². The zero-order valence-corrected chi connectivity index (χ0v) is 13.7. The minimum absolute atomic E-state index is 0.327. The highest BCUT2D eigenvalue weighted by Crippen LogP contribution is 2.25. The third-order valence-electron chi connectivity index (χ3n) is 4.19. The Labute approximate surface area is 145 Å². The van der Waals surface area contributed by atoms with Crippen LogP contribution in [-0.2, 0) is 4.74 Å². The van der Waals surface area contributed by atoms with Crippen LogP contribution >= 0.6 is 0 Å². The van der Waals surface area contributed by atoms with Crippen LogP contribution in [0.15, 0.2) is 72.8 Å². The molecular weight excluding hydrogens is 312 g/mol. The molecule has 1 N–H and O–H groups in total. The summed E-state index contributed by atoms with van der Waals surface area (Å²) in [5.41, 5.74) is 5.69. The second kappa shape index (κ2) is 6.24. The third-order valence-corrected chi connectivity index (χ3v) is 4.19. The van der Waals surface area contributed by atoms with Crippen molar-refractivity contribution in [2.24, 2.45) is 0 Å². The molecule has 1 heterocycles. The first kappa shape index (κ1) is 15.1. The quantitative estimate of drug-likeness (QED) is 0.555. The summed E-state index contributed by atoms with van der Waals surface area (Å²) in [6.07, 6.45) is 0. The van der Waals surface area contributed by atoms with E-state index in [0.717, 1.165) is 33.5 Å². The Bertz CT molecular complexity index is 999. The Morgan fingerprint density at radius 1 is 0.840 bits per heavy atom. The highest BCUT2D eigenvalue weighted by atomic mass is 16.5. The zero-order chi connectivity index (χ0) is 17.2. The molecule has 0 unspecified atom stereocenters. The predicted octanol–water partition coefficient (Wildman–Crippen LogP) is 4.68. The Morgan fingerprint density at radius 3 is 2.08 bits per heavy atom. The lowest BCUT2D eigenvalue weighted by atomic mass is 10.0. The lowest BCUT2D eigenvalue weighted by molar-refractivity contribution is 0.0601. The van der Waals surface area contributed by atoms with Crippen molar-refractivity contribution in [3.05, 3.63) is 78.4 Å². The fourth-order valence-corrected chi connectivity index (χ4v) is 2.83. The highest BCUT2D eigenvalue weighted by Gasteiger charge is 2.07. The summed E-state index contributed by atoms with van der Waals surface area (Å²) in [5.74, 6) is 0.528. The summed E-state index contributed by atoms with van der Waals surface area (Å²) in [7, 11) is 1.38. The molecule has 0 saturated carbocycles. The van der Waals surface area contributed by atoms with Gasteiger partial charge in [0.1, 0.15) is 5.82 Å². The van der Waals surface area contributed by atoms with Gasteiger partial charge in [-0.15, -0.1) is 0 Å². The van der Waals surface area contributed by atoms with E-state index in [9.17, 15) is 4.79 Å². The van der Waals surface area contributed by atoms with E-state index in [4.69, 9.17) is 4.74 Å². The van der Waals surface area contributed by atoms with E-state index in [2.05, 4.69) is 22.1 Å². The summed E-state index contributed by atoms with van der Waals surface area (Å²) in [5, 5.41) is 0. The van der Waals surface area contributed by atoms with Gasteiger partial charge in [0.2, 0.25) is 0 Å². The number of methoxy groups -OCH3 is 1. The molecule has 0 atom stereocenters. The smallest absolute Gasteiger partial charge is 0.337 e. The standard InChI is InChI=1S/C21H16N2O2/c1-25-21(24)17-12-8-15(9-13-17)14-6-10-16(11-7-14)20-22-18-4-2-3-5-19(18)23-20/h2-13H,1H3,(H,22,23). The van der Waals surface area contributed by atoms with Crippen molar-refractivity contribution in [3.63, 3.8) is 0 Å². The monoisotopic (exact) mass is 328 g/mol. The number of aromatic nitrogens is 2. The van der Waals surface area contributed by atoms with E-state index in [-0.39, 0.29) is 5.97 Å². The Morgan fingerprint density at radius 2 is 1.44 bits per heavy atom. The largest absolute Gasteiger partial charge is 0.465 e. The van der Waals surface area contributed by atoms with Gasteiger partial charge in [0.05, 0.1) is 23.7 Å². The van der Waals surface area contributed by atoms with Crippen molar-refractivity contribution >= 4 is 17.0 Å². The molecule has 0 fully saturated rings. The van der Waals surface area contributed by atoms with Gasteiger partial charge in [-0.3, -0.25) is 0 Å². The second-order valence-corrected chi connectivity index (χ2v) is 5.75. The first-order valence-corrected chi connectivity index (χ1v) is 7.98. The number of rotatable bonds is 3. The van der Waals surface area contributed by atoms with Gasteiger partial charge in [-0.2, -0.15) is 0 Å². The van der Waals surface area contributed by atoms with Crippen LogP contribution in [0.25, 0.3) is 33.5 Å². The molecule has 4 aromatic rings. The fourth-order valence-electron chi connectivity index (χ4n) is 2.83. The molecule has 0 saturated heterocycles. The second-order valence-electron chi connectivity index (χ2n) is 5.75. The number of carbonyl (C=O) groups excluding carboxylic acids is 1. The molecule has 4 rings (SSSR count). The number of hydrogen-bond acceptors (Lipinski definition) is 3. The number of H-pyrrole nitrogens is 1. The van der Waals surface area contributed by atoms with E-state index in [1.807, 2.05) is 48.5 Å². The van der Waals surface area contributed by atoms with Crippen LogP contribution in [0.1, 0.15) is 10.4 Å². The lowest BCUT2D eigenvalue weighted by Gasteiger charge is -2.04. The summed E-state index contributed by atoms with van der Waals surface area (Å²) in [6, 6.07) is 23.6. The van der Waals surface area contributed by atoms with Gasteiger partial charge in [0.15, 0.2) is 0 Å². The Hall–Kier alpha value is -3.40. The summed E-state index contributed by atoms with van der Waals surface area (Å²) < 4.78 is 4.72. The van der Waals surface area contributed by atoms with Crippen LogP contribution in [-0.4, -0.2) is 23.0 Å². The van der Waals surface area contributed by atoms with Crippen LogP contribution in [0.2, 0.25) is 0 Å². The summed E-state index contributed by atoms with van der Waals surface area (Å²) in [6.45, 7) is 0. The van der Waals surface area contributed by atoms with Crippen molar-refractivity contribution in [2.45, 2.75) is 0 Å². The average Bonchev–Trinajstić information content (AvgIpc) is 3.12. The molecule has 0 bridgehead atoms. The number of ether oxygens (including phenoxy) is 1. The van der Waals surface area contributed by atoms with Gasteiger partial charge >= 0.3 is 5.97 Å². The molecule has 0 radical (unpaired) electrons. The first-order valence-electron chi connectivity index (χ1n) is 7.98. The van der Waals surface area contributed by atoms with Crippen molar-refractivity contribution in [3.8, 4) is 22.5 Å². The minimum atomic E-state index is -0.327. The minimum Gasteiger partial charge on any atom is -0.465 e. The van der Waals surface area contributed by atoms with Crippen LogP contribution in [0.5, 0.6) is 0 Å². The molecule has 0 amide bonds. The number of imidazole rings is 1. The number of aromatic amines is 1. The van der Waals surface area contributed by atoms with Gasteiger partial charge in [-0.1, -0.05) is 48.5 Å². The van der Waals surface area contributed by atoms with Gasteiger partial charge in [-0.25, -0.2) is 9.78 Å². The Kier molecular flexibility index (Phi) is 3.78. The van der Waals surface area contributed by atoms with Crippen LogP contribution in [0, 0.1) is 0 Å². The maximum Gasteiger partial charge on any atom is 0.337 e. The first-order chi connectivity index (χ1) is 12.2. The summed E-state index contributed by atoms with van der Waals surface area (Å²) in [4.78, 5) is 19.5. The number of esters is 1. The van der Waals surface area contributed by atoms with Crippen molar-refractivity contribution in [1.82, 2.24) is 9.97 Å². The molecule has 0 aliphatic heterocycles. The number of para-hydroxylation sites is 2. The highest BCUT2D eigenvalue weighted by molar-refractivity contribution is 5.90. The molecular formula is C21H16N2O2. The number of hydrogen-bond donors (Lipinski definition) is 1. The molecule has 0 aliphatic carbocycles. The van der Waals surface area contributed by atoms with E-state index in [0.29, 0.717) is 5.56 Å². The number of benzene rings is 3. The van der Waals surface area contributed by atoms with E-state index >= 15 is 0 Å². The van der Waals surface area contributed by atoms with Gasteiger partial charge < -0.3 is 9.72 Å². The molecule has 0 spiro atoms. The predicted molar refractivity (Wildman–Crippen MR) is 98.3 cm³/mol. The molecule has 4 nitrogen and oxygen atoms in total. The van der Waals surface area contributed by atoms with Crippen LogP contribution in [0.4, 0.5) is 0 Å². The maximum absolute atomic E-state index is 11.5. The molecule has 4 heteroatoms. The summed E-state index contributed by atoms with van der Waals surface area (Å²) >= 11 is 0. The normalized spacial score (nSPS) is 10.8. The average molecular weight is 328 g/mol. The van der Waals surface area contributed by atoms with E-state index < -0.39 is 0 Å². The number of fused-ring (bicyclic) bond motifs is 1. The van der Waals surface area contributed by atoms with E-state index in [1.54, 1.807) is 12.1 Å². The van der Waals surface area contributed by atoms with Crippen molar-refractivity contribution in [2.75, 3.05) is 7.11 Å². The maximum atomic E-state index is 11.5. The third kappa shape index (κ3) is 2.90. The molecule has 3 aromatic carbocycles. The molecule has 0 aliphatic rings. The number of nitrogens with one attached hydrogen (secondary N) is 1.